The first kappa shape index (κ1) is 13.8. The second kappa shape index (κ2) is 7.14. The average molecular weight is 230 g/mol. The number of terminal acetylenes is 1. The zero-order valence-corrected chi connectivity index (χ0v) is 10.8. The minimum atomic E-state index is -0.344. The highest BCUT2D eigenvalue weighted by Crippen LogP contribution is 2.31. The van der Waals surface area contributed by atoms with Gasteiger partial charge in [-0.05, 0) is 17.9 Å². The van der Waals surface area contributed by atoms with Crippen LogP contribution in [0.2, 0.25) is 0 Å². The summed E-state index contributed by atoms with van der Waals surface area (Å²) in [7, 11) is 0. The lowest BCUT2D eigenvalue weighted by Crippen LogP contribution is -2.24. The highest BCUT2D eigenvalue weighted by Gasteiger charge is 2.25. The molecule has 1 rings (SSSR count). The van der Waals surface area contributed by atoms with Crippen molar-refractivity contribution in [2.75, 3.05) is 0 Å². The normalized spacial score (nSPS) is 15.9. The molecule has 92 valence electrons. The molecule has 1 aromatic carbocycles. The average Bonchev–Trinajstić information content (AvgIpc) is 2.37. The van der Waals surface area contributed by atoms with E-state index in [1.165, 1.54) is 5.56 Å². The molecule has 1 aromatic rings. The summed E-state index contributed by atoms with van der Waals surface area (Å²) in [6.45, 7) is 4.35. The van der Waals surface area contributed by atoms with Gasteiger partial charge in [-0.2, -0.15) is 0 Å². The Hall–Kier alpha value is -1.26. The molecule has 0 fully saturated rings. The Balaban J connectivity index is 2.85. The highest BCUT2D eigenvalue weighted by atomic mass is 16.3. The van der Waals surface area contributed by atoms with E-state index in [1.807, 2.05) is 18.2 Å². The third-order valence-corrected chi connectivity index (χ3v) is 3.44. The molecule has 0 heterocycles. The van der Waals surface area contributed by atoms with Crippen LogP contribution in [0.4, 0.5) is 0 Å². The van der Waals surface area contributed by atoms with E-state index in [1.54, 1.807) is 0 Å². The first-order valence-corrected chi connectivity index (χ1v) is 6.37. The summed E-state index contributed by atoms with van der Waals surface area (Å²) in [4.78, 5) is 0. The molecule has 1 N–H and O–H groups in total. The number of aliphatic hydroxyl groups is 1. The van der Waals surface area contributed by atoms with Crippen LogP contribution in [0.25, 0.3) is 0 Å². The van der Waals surface area contributed by atoms with Crippen LogP contribution in [-0.4, -0.2) is 11.2 Å². The Morgan fingerprint density at radius 2 is 1.94 bits per heavy atom. The van der Waals surface area contributed by atoms with Gasteiger partial charge in [-0.1, -0.05) is 50.6 Å². The molecule has 0 saturated carbocycles. The molecule has 1 nitrogen and oxygen atoms in total. The fourth-order valence-corrected chi connectivity index (χ4v) is 2.27. The van der Waals surface area contributed by atoms with E-state index < -0.39 is 0 Å². The maximum absolute atomic E-state index is 10.3. The Morgan fingerprint density at radius 1 is 1.29 bits per heavy atom. The molecule has 3 atom stereocenters. The van der Waals surface area contributed by atoms with Crippen LogP contribution in [-0.2, 0) is 0 Å². The van der Waals surface area contributed by atoms with Crippen molar-refractivity contribution in [3.8, 4) is 12.3 Å². The quantitative estimate of drug-likeness (QED) is 0.740. The number of aliphatic hydroxyl groups excluding tert-OH is 1. The van der Waals surface area contributed by atoms with Gasteiger partial charge in [-0.15, -0.1) is 12.3 Å². The molecule has 0 amide bonds. The standard InChI is InChI=1S/C16H22O/c1-4-6-12-15(17)16(13(3)5-2)14-10-8-7-9-11-14/h1,7-11,13,15-17H,5-6,12H2,2-3H3. The summed E-state index contributed by atoms with van der Waals surface area (Å²) in [5.74, 6) is 3.25. The lowest BCUT2D eigenvalue weighted by atomic mass is 9.80. The van der Waals surface area contributed by atoms with Gasteiger partial charge in [0.2, 0.25) is 0 Å². The molecule has 0 spiro atoms. The molecule has 0 aliphatic carbocycles. The summed E-state index contributed by atoms with van der Waals surface area (Å²) in [5, 5.41) is 10.3. The van der Waals surface area contributed by atoms with Gasteiger partial charge in [0.25, 0.3) is 0 Å². The van der Waals surface area contributed by atoms with Crippen molar-refractivity contribution in [3.63, 3.8) is 0 Å². The van der Waals surface area contributed by atoms with Crippen LogP contribution in [0, 0.1) is 18.3 Å². The van der Waals surface area contributed by atoms with Crippen molar-refractivity contribution in [2.45, 2.75) is 45.1 Å². The maximum Gasteiger partial charge on any atom is 0.0620 e. The largest absolute Gasteiger partial charge is 0.392 e. The Labute approximate surface area is 105 Å². The van der Waals surface area contributed by atoms with Gasteiger partial charge in [-0.3, -0.25) is 0 Å². The van der Waals surface area contributed by atoms with Crippen molar-refractivity contribution >= 4 is 0 Å². The third-order valence-electron chi connectivity index (χ3n) is 3.44. The molecular weight excluding hydrogens is 208 g/mol. The van der Waals surface area contributed by atoms with E-state index in [-0.39, 0.29) is 12.0 Å². The molecule has 17 heavy (non-hydrogen) atoms. The monoisotopic (exact) mass is 230 g/mol. The molecule has 0 aliphatic rings. The molecule has 0 radical (unpaired) electrons. The minimum absolute atomic E-state index is 0.189. The van der Waals surface area contributed by atoms with Crippen LogP contribution < -0.4 is 0 Å². The molecule has 0 saturated heterocycles. The van der Waals surface area contributed by atoms with E-state index in [0.29, 0.717) is 18.8 Å². The van der Waals surface area contributed by atoms with E-state index >= 15 is 0 Å². The van der Waals surface area contributed by atoms with Crippen molar-refractivity contribution in [2.24, 2.45) is 5.92 Å². The second-order valence-electron chi connectivity index (χ2n) is 4.63. The summed E-state index contributed by atoms with van der Waals surface area (Å²) >= 11 is 0. The summed E-state index contributed by atoms with van der Waals surface area (Å²) < 4.78 is 0. The van der Waals surface area contributed by atoms with Crippen molar-refractivity contribution in [1.29, 1.82) is 0 Å². The predicted octanol–water partition coefficient (Wildman–Crippen LogP) is 3.59. The Bertz CT molecular complexity index is 350. The second-order valence-corrected chi connectivity index (χ2v) is 4.63. The number of rotatable bonds is 6. The predicted molar refractivity (Wildman–Crippen MR) is 72.7 cm³/mol. The van der Waals surface area contributed by atoms with E-state index in [2.05, 4.69) is 31.9 Å². The lowest BCUT2D eigenvalue weighted by Gasteiger charge is -2.28. The first-order chi connectivity index (χ1) is 8.20. The van der Waals surface area contributed by atoms with Gasteiger partial charge in [-0.25, -0.2) is 0 Å². The van der Waals surface area contributed by atoms with Gasteiger partial charge in [0.05, 0.1) is 6.10 Å². The number of hydrogen-bond donors (Lipinski definition) is 1. The molecule has 0 aliphatic heterocycles. The van der Waals surface area contributed by atoms with Crippen LogP contribution in [0.15, 0.2) is 30.3 Å². The van der Waals surface area contributed by atoms with Gasteiger partial charge in [0, 0.05) is 12.3 Å². The first-order valence-electron chi connectivity index (χ1n) is 6.37. The van der Waals surface area contributed by atoms with E-state index in [9.17, 15) is 5.11 Å². The molecule has 0 bridgehead atoms. The Morgan fingerprint density at radius 3 is 2.47 bits per heavy atom. The van der Waals surface area contributed by atoms with Gasteiger partial charge < -0.3 is 5.11 Å². The SMILES string of the molecule is C#CCCC(O)C(c1ccccc1)C(C)CC. The topological polar surface area (TPSA) is 20.2 Å². The summed E-state index contributed by atoms with van der Waals surface area (Å²) in [5.41, 5.74) is 1.21. The van der Waals surface area contributed by atoms with Crippen LogP contribution in [0.3, 0.4) is 0 Å². The fourth-order valence-electron chi connectivity index (χ4n) is 2.27. The highest BCUT2D eigenvalue weighted by molar-refractivity contribution is 5.21. The van der Waals surface area contributed by atoms with Gasteiger partial charge in [0.15, 0.2) is 0 Å². The van der Waals surface area contributed by atoms with Crippen LogP contribution in [0.5, 0.6) is 0 Å². The van der Waals surface area contributed by atoms with E-state index in [4.69, 9.17) is 6.42 Å². The fraction of sp³-hybridized carbons (Fsp3) is 0.500. The summed E-state index contributed by atoms with van der Waals surface area (Å²) in [6.07, 6.45) is 7.30. The van der Waals surface area contributed by atoms with Crippen molar-refractivity contribution in [3.05, 3.63) is 35.9 Å². The summed E-state index contributed by atoms with van der Waals surface area (Å²) in [6, 6.07) is 10.2. The van der Waals surface area contributed by atoms with Crippen LogP contribution >= 0.6 is 0 Å². The van der Waals surface area contributed by atoms with Gasteiger partial charge in [0.1, 0.15) is 0 Å². The lowest BCUT2D eigenvalue weighted by molar-refractivity contribution is 0.110. The number of benzene rings is 1. The molecule has 1 heteroatoms. The smallest absolute Gasteiger partial charge is 0.0620 e. The maximum atomic E-state index is 10.3. The van der Waals surface area contributed by atoms with E-state index in [0.717, 1.165) is 6.42 Å². The third kappa shape index (κ3) is 3.91. The molecule has 3 unspecified atom stereocenters. The minimum Gasteiger partial charge on any atom is -0.392 e. The number of hydrogen-bond acceptors (Lipinski definition) is 1. The molecule has 0 aromatic heterocycles. The zero-order chi connectivity index (χ0) is 12.7. The zero-order valence-electron chi connectivity index (χ0n) is 10.8. The Kier molecular flexibility index (Phi) is 5.80. The molecular formula is C16H22O. The van der Waals surface area contributed by atoms with Crippen molar-refractivity contribution in [1.82, 2.24) is 0 Å². The van der Waals surface area contributed by atoms with Gasteiger partial charge >= 0.3 is 0 Å². The van der Waals surface area contributed by atoms with Crippen molar-refractivity contribution < 1.29 is 5.11 Å². The van der Waals surface area contributed by atoms with Crippen LogP contribution in [0.1, 0.15) is 44.6 Å².